The molecule has 1 aromatic rings. The summed E-state index contributed by atoms with van der Waals surface area (Å²) in [5.74, 6) is 0.636. The number of methoxy groups -OCH3 is 1. The number of esters is 1. The topological polar surface area (TPSA) is 52.3 Å². The largest absolute Gasteiger partial charge is 0.469 e. The van der Waals surface area contributed by atoms with Crippen molar-refractivity contribution in [3.05, 3.63) is 18.0 Å². The van der Waals surface area contributed by atoms with Crippen molar-refractivity contribution < 1.29 is 14.1 Å². The Morgan fingerprint density at radius 1 is 1.79 bits per heavy atom. The van der Waals surface area contributed by atoms with Crippen molar-refractivity contribution >= 4 is 17.7 Å². The van der Waals surface area contributed by atoms with Crippen molar-refractivity contribution in [3.63, 3.8) is 0 Å². The number of rotatable bonds is 5. The van der Waals surface area contributed by atoms with Crippen LogP contribution < -0.4 is 0 Å². The number of hydrogen-bond donors (Lipinski definition) is 0. The van der Waals surface area contributed by atoms with Crippen molar-refractivity contribution in [2.24, 2.45) is 0 Å². The molecule has 0 spiro atoms. The monoisotopic (exact) mass is 215 g/mol. The average Bonchev–Trinajstić information content (AvgIpc) is 2.67. The van der Waals surface area contributed by atoms with Crippen molar-refractivity contribution in [2.45, 2.75) is 24.3 Å². The summed E-state index contributed by atoms with van der Waals surface area (Å²) in [5, 5.41) is 3.84. The molecule has 0 aliphatic carbocycles. The lowest BCUT2D eigenvalue weighted by Crippen LogP contribution is -2.08. The molecule has 1 heterocycles. The van der Waals surface area contributed by atoms with Gasteiger partial charge in [-0.2, -0.15) is 11.8 Å². The molecular formula is C9H13NO3S. The van der Waals surface area contributed by atoms with E-state index in [2.05, 4.69) is 9.89 Å². The first-order chi connectivity index (χ1) is 6.72. The van der Waals surface area contributed by atoms with Crippen LogP contribution in [0.4, 0.5) is 0 Å². The van der Waals surface area contributed by atoms with Crippen LogP contribution in [-0.4, -0.2) is 23.5 Å². The van der Waals surface area contributed by atoms with E-state index in [9.17, 15) is 4.79 Å². The predicted octanol–water partition coefficient (Wildman–Crippen LogP) is 1.86. The maximum atomic E-state index is 10.9. The summed E-state index contributed by atoms with van der Waals surface area (Å²) in [4.78, 5) is 10.9. The van der Waals surface area contributed by atoms with Crippen LogP contribution in [0.2, 0.25) is 0 Å². The minimum Gasteiger partial charge on any atom is -0.469 e. The molecule has 0 saturated heterocycles. The first-order valence-electron chi connectivity index (χ1n) is 4.29. The fraction of sp³-hybridized carbons (Fsp3) is 0.556. The van der Waals surface area contributed by atoms with Gasteiger partial charge < -0.3 is 9.26 Å². The summed E-state index contributed by atoms with van der Waals surface area (Å²) in [6.07, 6.45) is 3.72. The van der Waals surface area contributed by atoms with E-state index in [1.54, 1.807) is 24.2 Å². The molecule has 0 saturated carbocycles. The minimum absolute atomic E-state index is 0.171. The van der Waals surface area contributed by atoms with Crippen molar-refractivity contribution in [2.75, 3.05) is 7.11 Å². The number of thioether (sulfide) groups is 1. The van der Waals surface area contributed by atoms with Crippen molar-refractivity contribution in [3.8, 4) is 0 Å². The third-order valence-electron chi connectivity index (χ3n) is 1.70. The molecule has 1 atom stereocenters. The summed E-state index contributed by atoms with van der Waals surface area (Å²) in [7, 11) is 1.40. The minimum atomic E-state index is -0.171. The Morgan fingerprint density at radius 2 is 2.57 bits per heavy atom. The molecular weight excluding hydrogens is 202 g/mol. The summed E-state index contributed by atoms with van der Waals surface area (Å²) in [6, 6.07) is 0. The first-order valence-corrected chi connectivity index (χ1v) is 5.34. The Balaban J connectivity index is 2.21. The summed E-state index contributed by atoms with van der Waals surface area (Å²) >= 11 is 1.68. The molecule has 0 fully saturated rings. The molecule has 0 bridgehead atoms. The van der Waals surface area contributed by atoms with Gasteiger partial charge in [0.05, 0.1) is 19.7 Å². The number of carbonyl (C=O) groups excluding carboxylic acids is 1. The van der Waals surface area contributed by atoms with Gasteiger partial charge in [0.25, 0.3) is 0 Å². The van der Waals surface area contributed by atoms with Crippen LogP contribution in [0.15, 0.2) is 17.0 Å². The average molecular weight is 215 g/mol. The van der Waals surface area contributed by atoms with Gasteiger partial charge >= 0.3 is 5.97 Å². The Kier molecular flexibility index (Phi) is 4.52. The quantitative estimate of drug-likeness (QED) is 0.702. The van der Waals surface area contributed by atoms with Crippen LogP contribution in [0.3, 0.4) is 0 Å². The van der Waals surface area contributed by atoms with Gasteiger partial charge in [-0.15, -0.1) is 0 Å². The molecule has 0 aromatic carbocycles. The highest BCUT2D eigenvalue weighted by Gasteiger charge is 2.09. The highest BCUT2D eigenvalue weighted by molar-refractivity contribution is 7.99. The first kappa shape index (κ1) is 11.1. The Labute approximate surface area is 87.0 Å². The third-order valence-corrected chi connectivity index (χ3v) is 2.94. The van der Waals surface area contributed by atoms with Gasteiger partial charge in [-0.25, -0.2) is 0 Å². The molecule has 5 heteroatoms. The van der Waals surface area contributed by atoms with Gasteiger partial charge in [0.1, 0.15) is 6.26 Å². The maximum Gasteiger partial charge on any atom is 0.306 e. The fourth-order valence-corrected chi connectivity index (χ4v) is 1.79. The molecule has 78 valence electrons. The number of ether oxygens (including phenoxy) is 1. The van der Waals surface area contributed by atoms with Crippen LogP contribution in [0, 0.1) is 0 Å². The number of carbonyl (C=O) groups is 1. The van der Waals surface area contributed by atoms with E-state index in [1.165, 1.54) is 7.11 Å². The van der Waals surface area contributed by atoms with Crippen molar-refractivity contribution in [1.29, 1.82) is 0 Å². The maximum absolute atomic E-state index is 10.9. The van der Waals surface area contributed by atoms with Crippen LogP contribution in [0.5, 0.6) is 0 Å². The molecule has 1 unspecified atom stereocenters. The second kappa shape index (κ2) is 5.70. The Bertz CT molecular complexity index is 274. The zero-order valence-corrected chi connectivity index (χ0v) is 9.04. The van der Waals surface area contributed by atoms with Gasteiger partial charge in [0.15, 0.2) is 0 Å². The zero-order valence-electron chi connectivity index (χ0n) is 8.23. The molecule has 1 rings (SSSR count). The number of nitrogens with zero attached hydrogens (tertiary/aromatic N) is 1. The second-order valence-corrected chi connectivity index (χ2v) is 4.36. The molecule has 0 aliphatic heterocycles. The molecule has 1 aromatic heterocycles. The Hall–Kier alpha value is -0.970. The normalized spacial score (nSPS) is 12.4. The zero-order chi connectivity index (χ0) is 10.4. The van der Waals surface area contributed by atoms with Crippen LogP contribution in [0.1, 0.15) is 18.9 Å². The summed E-state index contributed by atoms with van der Waals surface area (Å²) in [5.41, 5.74) is 1.03. The molecule has 14 heavy (non-hydrogen) atoms. The van der Waals surface area contributed by atoms with E-state index in [4.69, 9.17) is 4.52 Å². The molecule has 0 N–H and O–H groups in total. The summed E-state index contributed by atoms with van der Waals surface area (Å²) in [6.45, 7) is 2.00. The van der Waals surface area contributed by atoms with Gasteiger partial charge in [-0.3, -0.25) is 4.79 Å². The van der Waals surface area contributed by atoms with E-state index in [-0.39, 0.29) is 11.2 Å². The number of hydrogen-bond acceptors (Lipinski definition) is 5. The van der Waals surface area contributed by atoms with Gasteiger partial charge in [0.2, 0.25) is 0 Å². The highest BCUT2D eigenvalue weighted by Crippen LogP contribution is 2.19. The lowest BCUT2D eigenvalue weighted by molar-refractivity contribution is -0.140. The van der Waals surface area contributed by atoms with Gasteiger partial charge in [0, 0.05) is 16.6 Å². The van der Waals surface area contributed by atoms with Gasteiger partial charge in [-0.05, 0) is 0 Å². The van der Waals surface area contributed by atoms with Crippen LogP contribution in [0.25, 0.3) is 0 Å². The van der Waals surface area contributed by atoms with Crippen LogP contribution in [-0.2, 0) is 15.3 Å². The van der Waals surface area contributed by atoms with E-state index in [0.717, 1.165) is 11.3 Å². The van der Waals surface area contributed by atoms with Crippen molar-refractivity contribution in [1.82, 2.24) is 5.16 Å². The highest BCUT2D eigenvalue weighted by atomic mass is 32.2. The predicted molar refractivity (Wildman–Crippen MR) is 53.9 cm³/mol. The standard InChI is InChI=1S/C9H13NO3S/c1-7(3-9(11)12-2)14-6-8-4-10-13-5-8/h4-5,7H,3,6H2,1-2H3. The van der Waals surface area contributed by atoms with E-state index >= 15 is 0 Å². The third kappa shape index (κ3) is 3.83. The molecule has 0 aliphatic rings. The lowest BCUT2D eigenvalue weighted by Gasteiger charge is -2.07. The lowest BCUT2D eigenvalue weighted by atomic mass is 10.3. The Morgan fingerprint density at radius 3 is 3.14 bits per heavy atom. The van der Waals surface area contributed by atoms with Gasteiger partial charge in [-0.1, -0.05) is 12.1 Å². The van der Waals surface area contributed by atoms with E-state index in [1.807, 2.05) is 6.92 Å². The molecule has 0 radical (unpaired) electrons. The fourth-order valence-electron chi connectivity index (χ4n) is 0.913. The van der Waals surface area contributed by atoms with E-state index < -0.39 is 0 Å². The second-order valence-electron chi connectivity index (χ2n) is 2.93. The molecule has 0 amide bonds. The number of aromatic nitrogens is 1. The SMILES string of the molecule is COC(=O)CC(C)SCc1cnoc1. The van der Waals surface area contributed by atoms with Crippen LogP contribution >= 0.6 is 11.8 Å². The smallest absolute Gasteiger partial charge is 0.306 e. The summed E-state index contributed by atoms with van der Waals surface area (Å²) < 4.78 is 9.27. The van der Waals surface area contributed by atoms with E-state index in [0.29, 0.717) is 6.42 Å². The molecule has 4 nitrogen and oxygen atoms in total.